The third-order valence-corrected chi connectivity index (χ3v) is 2.40. The Balaban J connectivity index is 2.61. The molecule has 0 saturated heterocycles. The number of rotatable bonds is 2. The summed E-state index contributed by atoms with van der Waals surface area (Å²) >= 11 is 2.80. The minimum absolute atomic E-state index is 0.205. The molecule has 1 aromatic rings. The highest BCUT2D eigenvalue weighted by atomic mass is 32.2. The highest BCUT2D eigenvalue weighted by Crippen LogP contribution is 2.26. The second-order valence-corrected chi connectivity index (χ2v) is 3.61. The van der Waals surface area contributed by atoms with Crippen LogP contribution in [-0.4, -0.2) is 4.98 Å². The van der Waals surface area contributed by atoms with Gasteiger partial charge in [0, 0.05) is 5.38 Å². The van der Waals surface area contributed by atoms with E-state index in [1.54, 1.807) is 16.8 Å². The van der Waals surface area contributed by atoms with Gasteiger partial charge in [0.1, 0.15) is 5.40 Å². The van der Waals surface area contributed by atoms with Crippen LogP contribution in [0.25, 0.3) is 0 Å². The van der Waals surface area contributed by atoms with Crippen LogP contribution in [0.5, 0.6) is 0 Å². The molecule has 1 rings (SSSR count). The van der Waals surface area contributed by atoms with Crippen LogP contribution < -0.4 is 0 Å². The number of aromatic nitrogens is 1. The SMILES string of the molecule is C[C@H](SC#N)c1cscn1. The summed E-state index contributed by atoms with van der Waals surface area (Å²) < 4.78 is 0. The fraction of sp³-hybridized carbons (Fsp3) is 0.333. The number of hydrogen-bond donors (Lipinski definition) is 0. The largest absolute Gasteiger partial charge is 0.249 e. The number of thiazole rings is 1. The number of nitrogens with zero attached hydrogens (tertiary/aromatic N) is 2. The van der Waals surface area contributed by atoms with Crippen LogP contribution >= 0.6 is 23.1 Å². The summed E-state index contributed by atoms with van der Waals surface area (Å²) in [6.07, 6.45) is 0. The van der Waals surface area contributed by atoms with Crippen molar-refractivity contribution in [3.63, 3.8) is 0 Å². The molecule has 0 unspecified atom stereocenters. The fourth-order valence-corrected chi connectivity index (χ4v) is 1.70. The third-order valence-electron chi connectivity index (χ3n) is 1.10. The molecule has 0 bridgehead atoms. The van der Waals surface area contributed by atoms with Gasteiger partial charge in [-0.2, -0.15) is 5.26 Å². The predicted molar refractivity (Wildman–Crippen MR) is 43.7 cm³/mol. The first-order valence-corrected chi connectivity index (χ1v) is 4.59. The van der Waals surface area contributed by atoms with Crippen molar-refractivity contribution in [3.8, 4) is 5.40 Å². The van der Waals surface area contributed by atoms with Gasteiger partial charge in [-0.15, -0.1) is 11.3 Å². The van der Waals surface area contributed by atoms with E-state index in [0.29, 0.717) is 0 Å². The van der Waals surface area contributed by atoms with E-state index in [1.165, 1.54) is 11.8 Å². The van der Waals surface area contributed by atoms with Crippen LogP contribution in [0.1, 0.15) is 17.9 Å². The van der Waals surface area contributed by atoms with Gasteiger partial charge < -0.3 is 0 Å². The molecule has 0 N–H and O–H groups in total. The molecule has 0 fully saturated rings. The molecule has 0 aliphatic heterocycles. The van der Waals surface area contributed by atoms with E-state index >= 15 is 0 Å². The molecule has 1 aromatic heterocycles. The number of hydrogen-bond acceptors (Lipinski definition) is 4. The molecule has 52 valence electrons. The Morgan fingerprint density at radius 2 is 2.70 bits per heavy atom. The lowest BCUT2D eigenvalue weighted by atomic mass is 10.4. The van der Waals surface area contributed by atoms with Gasteiger partial charge >= 0.3 is 0 Å². The maximum atomic E-state index is 8.32. The molecule has 0 amide bonds. The van der Waals surface area contributed by atoms with E-state index in [9.17, 15) is 0 Å². The highest BCUT2D eigenvalue weighted by Gasteiger charge is 2.05. The van der Waals surface area contributed by atoms with E-state index < -0.39 is 0 Å². The van der Waals surface area contributed by atoms with Crippen LogP contribution in [0.3, 0.4) is 0 Å². The van der Waals surface area contributed by atoms with Gasteiger partial charge in [0.2, 0.25) is 0 Å². The Morgan fingerprint density at radius 1 is 1.90 bits per heavy atom. The first kappa shape index (κ1) is 7.58. The van der Waals surface area contributed by atoms with Crippen molar-refractivity contribution < 1.29 is 0 Å². The van der Waals surface area contributed by atoms with E-state index in [2.05, 4.69) is 4.98 Å². The van der Waals surface area contributed by atoms with Crippen LogP contribution in [-0.2, 0) is 0 Å². The molecular formula is C6H6N2S2. The molecule has 2 nitrogen and oxygen atoms in total. The normalized spacial score (nSPS) is 12.4. The third kappa shape index (κ3) is 1.72. The highest BCUT2D eigenvalue weighted by molar-refractivity contribution is 8.03. The van der Waals surface area contributed by atoms with Gasteiger partial charge in [0.15, 0.2) is 0 Å². The fourth-order valence-electron chi connectivity index (χ4n) is 0.562. The number of thiocyanates is 1. The monoisotopic (exact) mass is 170 g/mol. The molecule has 1 heterocycles. The van der Waals surface area contributed by atoms with Crippen LogP contribution in [0.2, 0.25) is 0 Å². The minimum Gasteiger partial charge on any atom is -0.249 e. The van der Waals surface area contributed by atoms with Crippen molar-refractivity contribution >= 4 is 23.1 Å². The predicted octanol–water partition coefficient (Wildman–Crippen LogP) is 2.42. The molecular weight excluding hydrogens is 164 g/mol. The minimum atomic E-state index is 0.205. The molecule has 0 radical (unpaired) electrons. The Kier molecular flexibility index (Phi) is 2.72. The Bertz CT molecular complexity index is 224. The summed E-state index contributed by atoms with van der Waals surface area (Å²) in [6.45, 7) is 1.98. The maximum absolute atomic E-state index is 8.32. The zero-order valence-corrected chi connectivity index (χ0v) is 7.08. The summed E-state index contributed by atoms with van der Waals surface area (Å²) in [6, 6.07) is 0. The van der Waals surface area contributed by atoms with Crippen molar-refractivity contribution in [3.05, 3.63) is 16.6 Å². The quantitative estimate of drug-likeness (QED) is 0.639. The van der Waals surface area contributed by atoms with Crippen molar-refractivity contribution in [1.82, 2.24) is 4.98 Å². The summed E-state index contributed by atoms with van der Waals surface area (Å²) in [7, 11) is 0. The van der Waals surface area contributed by atoms with E-state index in [1.807, 2.05) is 17.7 Å². The second kappa shape index (κ2) is 3.59. The molecule has 0 spiro atoms. The topological polar surface area (TPSA) is 36.7 Å². The van der Waals surface area contributed by atoms with Crippen LogP contribution in [0.4, 0.5) is 0 Å². The Hall–Kier alpha value is -0.530. The lowest BCUT2D eigenvalue weighted by Crippen LogP contribution is -1.84. The zero-order valence-electron chi connectivity index (χ0n) is 5.44. The smallest absolute Gasteiger partial charge is 0.134 e. The molecule has 0 aliphatic carbocycles. The van der Waals surface area contributed by atoms with Gasteiger partial charge in [-0.05, 0) is 18.7 Å². The molecule has 0 saturated carbocycles. The zero-order chi connectivity index (χ0) is 7.40. The molecule has 4 heteroatoms. The van der Waals surface area contributed by atoms with Crippen molar-refractivity contribution in [2.75, 3.05) is 0 Å². The van der Waals surface area contributed by atoms with Crippen molar-refractivity contribution in [1.29, 1.82) is 5.26 Å². The number of thioether (sulfide) groups is 1. The summed E-state index contributed by atoms with van der Waals surface area (Å²) in [5.41, 5.74) is 2.78. The first-order chi connectivity index (χ1) is 4.84. The van der Waals surface area contributed by atoms with Crippen LogP contribution in [0, 0.1) is 10.7 Å². The molecule has 1 atom stereocenters. The lowest BCUT2D eigenvalue weighted by molar-refractivity contribution is 1.04. The van der Waals surface area contributed by atoms with Gasteiger partial charge in [-0.1, -0.05) is 0 Å². The average Bonchev–Trinajstić information content (AvgIpc) is 2.38. The maximum Gasteiger partial charge on any atom is 0.134 e. The lowest BCUT2D eigenvalue weighted by Gasteiger charge is -1.98. The standard InChI is InChI=1S/C6H6N2S2/c1-5(10-3-7)6-2-9-4-8-6/h2,4-5H,1H3/t5-/m0/s1. The van der Waals surface area contributed by atoms with Crippen molar-refractivity contribution in [2.24, 2.45) is 0 Å². The van der Waals surface area contributed by atoms with Gasteiger partial charge in [0.25, 0.3) is 0 Å². The number of nitriles is 1. The molecule has 10 heavy (non-hydrogen) atoms. The summed E-state index contributed by atoms with van der Waals surface area (Å²) in [5.74, 6) is 0. The van der Waals surface area contributed by atoms with Gasteiger partial charge in [0.05, 0.1) is 16.5 Å². The van der Waals surface area contributed by atoms with E-state index in [0.717, 1.165) is 5.69 Å². The first-order valence-electron chi connectivity index (χ1n) is 2.77. The summed E-state index contributed by atoms with van der Waals surface area (Å²) in [5, 5.41) is 12.5. The van der Waals surface area contributed by atoms with Gasteiger partial charge in [-0.3, -0.25) is 0 Å². The molecule has 0 aromatic carbocycles. The van der Waals surface area contributed by atoms with E-state index in [4.69, 9.17) is 5.26 Å². The van der Waals surface area contributed by atoms with Crippen molar-refractivity contribution in [2.45, 2.75) is 12.2 Å². The van der Waals surface area contributed by atoms with Gasteiger partial charge in [-0.25, -0.2) is 4.98 Å². The summed E-state index contributed by atoms with van der Waals surface area (Å²) in [4.78, 5) is 4.08. The second-order valence-electron chi connectivity index (χ2n) is 1.76. The molecule has 0 aliphatic rings. The van der Waals surface area contributed by atoms with Crippen LogP contribution in [0.15, 0.2) is 10.9 Å². The van der Waals surface area contributed by atoms with E-state index in [-0.39, 0.29) is 5.25 Å². The Labute approximate surface area is 67.9 Å². The average molecular weight is 170 g/mol. The Morgan fingerprint density at radius 3 is 3.20 bits per heavy atom.